The van der Waals surface area contributed by atoms with Crippen LogP contribution in [-0.2, 0) is 6.54 Å². The Bertz CT molecular complexity index is 986. The molecule has 0 bridgehead atoms. The largest absolute Gasteiger partial charge is 0.343 e. The second-order valence-electron chi connectivity index (χ2n) is 5.46. The zero-order valence-electron chi connectivity index (χ0n) is 13.6. The fourth-order valence-corrected chi connectivity index (χ4v) is 2.68. The van der Waals surface area contributed by atoms with E-state index in [-0.39, 0.29) is 23.7 Å². The van der Waals surface area contributed by atoms with Crippen LogP contribution in [0, 0.1) is 17.0 Å². The maximum absolute atomic E-state index is 12.2. The Morgan fingerprint density at radius 1 is 1.31 bits per heavy atom. The van der Waals surface area contributed by atoms with E-state index in [1.54, 1.807) is 6.92 Å². The molecule has 0 saturated carbocycles. The molecule has 0 aliphatic carbocycles. The average molecular weight is 417 g/mol. The van der Waals surface area contributed by atoms with Gasteiger partial charge in [-0.25, -0.2) is 0 Å². The molecule has 3 aromatic rings. The zero-order valence-corrected chi connectivity index (χ0v) is 15.2. The van der Waals surface area contributed by atoms with Gasteiger partial charge >= 0.3 is 0 Å². The second kappa shape index (κ2) is 7.44. The van der Waals surface area contributed by atoms with Gasteiger partial charge in [-0.2, -0.15) is 4.98 Å². The van der Waals surface area contributed by atoms with Crippen LogP contribution in [0.2, 0.25) is 0 Å². The molecule has 1 heterocycles. The first-order chi connectivity index (χ1) is 12.4. The van der Waals surface area contributed by atoms with Gasteiger partial charge in [0.1, 0.15) is 0 Å². The lowest BCUT2D eigenvalue weighted by Gasteiger charge is -2.03. The van der Waals surface area contributed by atoms with Gasteiger partial charge < -0.3 is 9.84 Å². The van der Waals surface area contributed by atoms with Crippen LogP contribution in [0.25, 0.3) is 11.4 Å². The molecule has 1 aromatic heterocycles. The average Bonchev–Trinajstić information content (AvgIpc) is 3.09. The quantitative estimate of drug-likeness (QED) is 0.501. The van der Waals surface area contributed by atoms with Crippen LogP contribution in [0.1, 0.15) is 21.8 Å². The predicted octanol–water partition coefficient (Wildman–Crippen LogP) is 3.65. The highest BCUT2D eigenvalue weighted by atomic mass is 79.9. The third-order valence-electron chi connectivity index (χ3n) is 3.62. The van der Waals surface area contributed by atoms with Gasteiger partial charge in [0, 0.05) is 27.2 Å². The van der Waals surface area contributed by atoms with E-state index < -0.39 is 10.8 Å². The summed E-state index contributed by atoms with van der Waals surface area (Å²) in [5.41, 5.74) is 1.35. The maximum atomic E-state index is 12.2. The molecule has 0 aliphatic heterocycles. The molecular formula is C17H13BrN4O4. The fourth-order valence-electron chi connectivity index (χ4n) is 2.28. The van der Waals surface area contributed by atoms with Gasteiger partial charge in [-0.1, -0.05) is 39.3 Å². The van der Waals surface area contributed by atoms with Gasteiger partial charge in [0.15, 0.2) is 0 Å². The molecule has 0 fully saturated rings. The van der Waals surface area contributed by atoms with Crippen LogP contribution in [0.3, 0.4) is 0 Å². The summed E-state index contributed by atoms with van der Waals surface area (Å²) in [7, 11) is 0. The van der Waals surface area contributed by atoms with E-state index in [9.17, 15) is 14.9 Å². The number of aryl methyl sites for hydroxylation is 1. The van der Waals surface area contributed by atoms with Gasteiger partial charge in [-0.05, 0) is 25.1 Å². The first-order valence-electron chi connectivity index (χ1n) is 7.56. The number of rotatable bonds is 5. The molecule has 9 heteroatoms. The Labute approximate surface area is 156 Å². The molecule has 0 spiro atoms. The van der Waals surface area contributed by atoms with E-state index in [0.29, 0.717) is 11.4 Å². The number of aromatic nitrogens is 2. The first-order valence-corrected chi connectivity index (χ1v) is 8.35. The smallest absolute Gasteiger partial charge is 0.273 e. The number of benzene rings is 2. The molecule has 0 radical (unpaired) electrons. The summed E-state index contributed by atoms with van der Waals surface area (Å²) in [6, 6.07) is 11.7. The van der Waals surface area contributed by atoms with Crippen molar-refractivity contribution < 1.29 is 14.2 Å². The fraction of sp³-hybridized carbons (Fsp3) is 0.118. The van der Waals surface area contributed by atoms with Crippen molar-refractivity contribution >= 4 is 27.5 Å². The van der Waals surface area contributed by atoms with Gasteiger partial charge in [0.25, 0.3) is 11.6 Å². The molecule has 0 unspecified atom stereocenters. The number of halogens is 1. The van der Waals surface area contributed by atoms with Crippen molar-refractivity contribution in [2.75, 3.05) is 0 Å². The van der Waals surface area contributed by atoms with Gasteiger partial charge in [0.2, 0.25) is 11.7 Å². The van der Waals surface area contributed by atoms with Crippen molar-refractivity contribution in [3.05, 3.63) is 74.1 Å². The number of nitro benzene ring substituents is 1. The highest BCUT2D eigenvalue weighted by Gasteiger charge is 2.16. The number of nitro groups is 1. The van der Waals surface area contributed by atoms with Gasteiger partial charge in [0.05, 0.1) is 11.5 Å². The molecule has 132 valence electrons. The normalized spacial score (nSPS) is 10.5. The van der Waals surface area contributed by atoms with Crippen LogP contribution < -0.4 is 5.32 Å². The third kappa shape index (κ3) is 3.94. The Balaban J connectivity index is 1.69. The Kier molecular flexibility index (Phi) is 5.08. The van der Waals surface area contributed by atoms with E-state index in [0.717, 1.165) is 10.0 Å². The lowest BCUT2D eigenvalue weighted by molar-refractivity contribution is -0.385. The SMILES string of the molecule is Cc1ccc(C(=O)NCc2nc(-c3cccc(Br)c3)no2)cc1[N+](=O)[O-]. The molecule has 26 heavy (non-hydrogen) atoms. The molecule has 1 amide bonds. The van der Waals surface area contributed by atoms with E-state index in [2.05, 4.69) is 31.4 Å². The van der Waals surface area contributed by atoms with E-state index >= 15 is 0 Å². The van der Waals surface area contributed by atoms with Crippen molar-refractivity contribution in [1.82, 2.24) is 15.5 Å². The van der Waals surface area contributed by atoms with Crippen molar-refractivity contribution in [1.29, 1.82) is 0 Å². The number of nitrogens with one attached hydrogen (secondary N) is 1. The van der Waals surface area contributed by atoms with Crippen LogP contribution in [0.15, 0.2) is 51.5 Å². The highest BCUT2D eigenvalue weighted by Crippen LogP contribution is 2.21. The van der Waals surface area contributed by atoms with E-state index in [4.69, 9.17) is 4.52 Å². The third-order valence-corrected chi connectivity index (χ3v) is 4.11. The van der Waals surface area contributed by atoms with Crippen molar-refractivity contribution in [3.63, 3.8) is 0 Å². The van der Waals surface area contributed by atoms with Crippen LogP contribution in [0.5, 0.6) is 0 Å². The summed E-state index contributed by atoms with van der Waals surface area (Å²) in [5.74, 6) is 0.173. The summed E-state index contributed by atoms with van der Waals surface area (Å²) in [6.45, 7) is 1.63. The monoisotopic (exact) mass is 416 g/mol. The number of amides is 1. The zero-order chi connectivity index (χ0) is 18.7. The summed E-state index contributed by atoms with van der Waals surface area (Å²) in [5, 5.41) is 17.5. The minimum atomic E-state index is -0.519. The maximum Gasteiger partial charge on any atom is 0.273 e. The minimum Gasteiger partial charge on any atom is -0.343 e. The highest BCUT2D eigenvalue weighted by molar-refractivity contribution is 9.10. The summed E-state index contributed by atoms with van der Waals surface area (Å²) in [6.07, 6.45) is 0. The molecule has 2 aromatic carbocycles. The van der Waals surface area contributed by atoms with Crippen molar-refractivity contribution in [2.45, 2.75) is 13.5 Å². The predicted molar refractivity (Wildman–Crippen MR) is 96.4 cm³/mol. The van der Waals surface area contributed by atoms with Crippen LogP contribution in [-0.4, -0.2) is 21.0 Å². The lowest BCUT2D eigenvalue weighted by Crippen LogP contribution is -2.23. The van der Waals surface area contributed by atoms with E-state index in [1.165, 1.54) is 18.2 Å². The Morgan fingerprint density at radius 2 is 2.12 bits per heavy atom. The molecule has 1 N–H and O–H groups in total. The number of hydrogen-bond acceptors (Lipinski definition) is 6. The topological polar surface area (TPSA) is 111 Å². The van der Waals surface area contributed by atoms with Crippen LogP contribution >= 0.6 is 15.9 Å². The second-order valence-corrected chi connectivity index (χ2v) is 6.38. The van der Waals surface area contributed by atoms with E-state index in [1.807, 2.05) is 24.3 Å². The number of carbonyl (C=O) groups is 1. The lowest BCUT2D eigenvalue weighted by atomic mass is 10.1. The molecule has 8 nitrogen and oxygen atoms in total. The molecule has 0 saturated heterocycles. The summed E-state index contributed by atoms with van der Waals surface area (Å²) >= 11 is 3.37. The number of nitrogens with zero attached hydrogens (tertiary/aromatic N) is 3. The standard InChI is InChI=1S/C17H13BrN4O4/c1-10-5-6-12(8-14(10)22(24)25)17(23)19-9-15-20-16(21-26-15)11-3-2-4-13(18)7-11/h2-8H,9H2,1H3,(H,19,23). The van der Waals surface area contributed by atoms with Gasteiger partial charge in [-0.3, -0.25) is 14.9 Å². The molecule has 0 aliphatic rings. The summed E-state index contributed by atoms with van der Waals surface area (Å²) in [4.78, 5) is 26.9. The van der Waals surface area contributed by atoms with Crippen molar-refractivity contribution in [2.24, 2.45) is 0 Å². The first kappa shape index (κ1) is 17.7. The van der Waals surface area contributed by atoms with Crippen molar-refractivity contribution in [3.8, 4) is 11.4 Å². The summed E-state index contributed by atoms with van der Waals surface area (Å²) < 4.78 is 6.01. The number of carbonyl (C=O) groups excluding carboxylic acids is 1. The van der Waals surface area contributed by atoms with Gasteiger partial charge in [-0.15, -0.1) is 0 Å². The minimum absolute atomic E-state index is 0.0154. The number of hydrogen-bond donors (Lipinski definition) is 1. The molecule has 3 rings (SSSR count). The Morgan fingerprint density at radius 3 is 2.85 bits per heavy atom. The molecule has 0 atom stereocenters. The molecular weight excluding hydrogens is 404 g/mol. The van der Waals surface area contributed by atoms with Crippen LogP contribution in [0.4, 0.5) is 5.69 Å². The Hall–Kier alpha value is -3.07.